The molecule has 1 unspecified atom stereocenters. The van der Waals surface area contributed by atoms with Crippen LogP contribution >= 0.6 is 0 Å². The molecule has 1 aromatic carbocycles. The summed E-state index contributed by atoms with van der Waals surface area (Å²) in [6, 6.07) is 11.2. The summed E-state index contributed by atoms with van der Waals surface area (Å²) in [6.07, 6.45) is 1.67. The quantitative estimate of drug-likeness (QED) is 0.785. The molecular formula is C18H25N3O2. The van der Waals surface area contributed by atoms with Gasteiger partial charge in [-0.15, -0.1) is 0 Å². The minimum Gasteiger partial charge on any atom is -0.468 e. The molecule has 2 aromatic rings. The number of carbonyl (C=O) groups excluding carboxylic acids is 1. The second kappa shape index (κ2) is 8.50. The summed E-state index contributed by atoms with van der Waals surface area (Å²) in [7, 11) is 0. The number of hydrogen-bond donors (Lipinski definition) is 2. The van der Waals surface area contributed by atoms with Crippen LogP contribution in [0.5, 0.6) is 0 Å². The van der Waals surface area contributed by atoms with Crippen molar-refractivity contribution in [1.82, 2.24) is 10.2 Å². The maximum absolute atomic E-state index is 12.3. The first-order valence-corrected chi connectivity index (χ1v) is 8.04. The third-order valence-corrected chi connectivity index (χ3v) is 4.03. The van der Waals surface area contributed by atoms with Crippen molar-refractivity contribution in [3.8, 4) is 0 Å². The first-order valence-electron chi connectivity index (χ1n) is 8.04. The number of furan rings is 1. The predicted octanol–water partition coefficient (Wildman–Crippen LogP) is 2.55. The van der Waals surface area contributed by atoms with Gasteiger partial charge in [0.15, 0.2) is 0 Å². The number of nitrogens with zero attached hydrogens (tertiary/aromatic N) is 1. The van der Waals surface area contributed by atoms with E-state index in [4.69, 9.17) is 10.2 Å². The van der Waals surface area contributed by atoms with Crippen molar-refractivity contribution in [3.05, 3.63) is 59.5 Å². The van der Waals surface area contributed by atoms with E-state index in [1.807, 2.05) is 24.3 Å². The summed E-state index contributed by atoms with van der Waals surface area (Å²) < 4.78 is 5.54. The van der Waals surface area contributed by atoms with E-state index in [2.05, 4.69) is 24.1 Å². The van der Waals surface area contributed by atoms with E-state index in [-0.39, 0.29) is 11.9 Å². The topological polar surface area (TPSA) is 71.5 Å². The second-order valence-electron chi connectivity index (χ2n) is 5.36. The fourth-order valence-electron chi connectivity index (χ4n) is 2.64. The van der Waals surface area contributed by atoms with Gasteiger partial charge in [0.05, 0.1) is 12.3 Å². The zero-order chi connectivity index (χ0) is 16.7. The number of hydrogen-bond acceptors (Lipinski definition) is 4. The van der Waals surface area contributed by atoms with Gasteiger partial charge in [0, 0.05) is 18.7 Å². The van der Waals surface area contributed by atoms with Crippen LogP contribution in [0.4, 0.5) is 0 Å². The van der Waals surface area contributed by atoms with Crippen LogP contribution in [0.25, 0.3) is 0 Å². The van der Waals surface area contributed by atoms with Gasteiger partial charge in [-0.3, -0.25) is 9.69 Å². The highest BCUT2D eigenvalue weighted by Gasteiger charge is 2.21. The van der Waals surface area contributed by atoms with Crippen LogP contribution in [-0.2, 0) is 6.54 Å². The highest BCUT2D eigenvalue weighted by atomic mass is 16.3. The van der Waals surface area contributed by atoms with Gasteiger partial charge in [0.25, 0.3) is 5.91 Å². The molecule has 5 nitrogen and oxygen atoms in total. The lowest BCUT2D eigenvalue weighted by atomic mass is 10.1. The number of carbonyl (C=O) groups is 1. The lowest BCUT2D eigenvalue weighted by Gasteiger charge is -2.28. The van der Waals surface area contributed by atoms with Gasteiger partial charge in [-0.05, 0) is 42.9 Å². The maximum atomic E-state index is 12.3. The Labute approximate surface area is 137 Å². The predicted molar refractivity (Wildman–Crippen MR) is 91.0 cm³/mol. The van der Waals surface area contributed by atoms with E-state index >= 15 is 0 Å². The number of likely N-dealkylation sites (N-methyl/N-ethyl adjacent to an activating group) is 1. The zero-order valence-electron chi connectivity index (χ0n) is 13.8. The molecule has 0 aliphatic carbocycles. The Morgan fingerprint density at radius 2 is 1.91 bits per heavy atom. The van der Waals surface area contributed by atoms with Gasteiger partial charge in [0.2, 0.25) is 0 Å². The molecule has 0 fully saturated rings. The van der Waals surface area contributed by atoms with Gasteiger partial charge in [-0.2, -0.15) is 0 Å². The third kappa shape index (κ3) is 4.43. The Morgan fingerprint density at radius 3 is 2.43 bits per heavy atom. The van der Waals surface area contributed by atoms with Crippen LogP contribution < -0.4 is 11.1 Å². The molecule has 23 heavy (non-hydrogen) atoms. The molecule has 0 bridgehead atoms. The molecule has 0 aliphatic heterocycles. The molecule has 3 N–H and O–H groups in total. The van der Waals surface area contributed by atoms with Crippen LogP contribution in [0.3, 0.4) is 0 Å². The molecule has 1 atom stereocenters. The molecule has 0 aliphatic rings. The summed E-state index contributed by atoms with van der Waals surface area (Å²) >= 11 is 0. The van der Waals surface area contributed by atoms with Crippen molar-refractivity contribution in [1.29, 1.82) is 0 Å². The molecule has 0 saturated carbocycles. The van der Waals surface area contributed by atoms with Gasteiger partial charge >= 0.3 is 0 Å². The normalized spacial score (nSPS) is 12.3. The van der Waals surface area contributed by atoms with E-state index in [0.29, 0.717) is 18.7 Å². The van der Waals surface area contributed by atoms with Gasteiger partial charge < -0.3 is 15.5 Å². The second-order valence-corrected chi connectivity index (χ2v) is 5.36. The van der Waals surface area contributed by atoms with E-state index < -0.39 is 0 Å². The SMILES string of the molecule is CCN(CC)C(CNC(=O)c1ccc(CN)cc1)c1ccco1. The first kappa shape index (κ1) is 17.2. The molecular weight excluding hydrogens is 290 g/mol. The average Bonchev–Trinajstić information content (AvgIpc) is 3.12. The highest BCUT2D eigenvalue weighted by molar-refractivity contribution is 5.94. The number of rotatable bonds is 8. The fraction of sp³-hybridized carbons (Fsp3) is 0.389. The molecule has 1 aromatic heterocycles. The molecule has 0 saturated heterocycles. The maximum Gasteiger partial charge on any atom is 0.251 e. The molecule has 2 rings (SSSR count). The number of nitrogens with one attached hydrogen (secondary N) is 1. The van der Waals surface area contributed by atoms with Crippen molar-refractivity contribution in [2.24, 2.45) is 5.73 Å². The third-order valence-electron chi connectivity index (χ3n) is 4.03. The highest BCUT2D eigenvalue weighted by Crippen LogP contribution is 2.20. The number of benzene rings is 1. The number of nitrogens with two attached hydrogens (primary N) is 1. The van der Waals surface area contributed by atoms with Crippen molar-refractivity contribution in [3.63, 3.8) is 0 Å². The van der Waals surface area contributed by atoms with E-state index in [0.717, 1.165) is 24.4 Å². The molecule has 5 heteroatoms. The van der Waals surface area contributed by atoms with Crippen LogP contribution in [0, 0.1) is 0 Å². The summed E-state index contributed by atoms with van der Waals surface area (Å²) in [5.41, 5.74) is 7.23. The van der Waals surface area contributed by atoms with Gasteiger partial charge in [-0.1, -0.05) is 26.0 Å². The van der Waals surface area contributed by atoms with Crippen LogP contribution in [-0.4, -0.2) is 30.4 Å². The van der Waals surface area contributed by atoms with Gasteiger partial charge in [0.1, 0.15) is 5.76 Å². The van der Waals surface area contributed by atoms with E-state index in [9.17, 15) is 4.79 Å². The zero-order valence-corrected chi connectivity index (χ0v) is 13.8. The first-order chi connectivity index (χ1) is 11.2. The fourth-order valence-corrected chi connectivity index (χ4v) is 2.64. The lowest BCUT2D eigenvalue weighted by molar-refractivity contribution is 0.0929. The summed E-state index contributed by atoms with van der Waals surface area (Å²) in [5, 5.41) is 3.00. The standard InChI is InChI=1S/C18H25N3O2/c1-3-21(4-2)16(17-6-5-11-23-17)13-20-18(22)15-9-7-14(12-19)8-10-15/h5-11,16H,3-4,12-13,19H2,1-2H3,(H,20,22). The Kier molecular flexibility index (Phi) is 6.38. The van der Waals surface area contributed by atoms with Crippen molar-refractivity contribution in [2.75, 3.05) is 19.6 Å². The Bertz CT molecular complexity index is 589. The molecule has 1 amide bonds. The van der Waals surface area contributed by atoms with Crippen LogP contribution in [0.2, 0.25) is 0 Å². The molecule has 0 spiro atoms. The summed E-state index contributed by atoms with van der Waals surface area (Å²) in [6.45, 7) is 6.97. The smallest absolute Gasteiger partial charge is 0.251 e. The Hall–Kier alpha value is -2.11. The Morgan fingerprint density at radius 1 is 1.22 bits per heavy atom. The van der Waals surface area contributed by atoms with Crippen molar-refractivity contribution < 1.29 is 9.21 Å². The van der Waals surface area contributed by atoms with Crippen LogP contribution in [0.15, 0.2) is 47.1 Å². The summed E-state index contributed by atoms with van der Waals surface area (Å²) in [4.78, 5) is 14.6. The van der Waals surface area contributed by atoms with E-state index in [1.165, 1.54) is 0 Å². The van der Waals surface area contributed by atoms with Gasteiger partial charge in [-0.25, -0.2) is 0 Å². The van der Waals surface area contributed by atoms with Crippen LogP contribution in [0.1, 0.15) is 41.6 Å². The minimum atomic E-state index is -0.0858. The Balaban J connectivity index is 2.03. The largest absolute Gasteiger partial charge is 0.468 e. The minimum absolute atomic E-state index is 0.0345. The molecule has 1 heterocycles. The van der Waals surface area contributed by atoms with Crippen molar-refractivity contribution >= 4 is 5.91 Å². The average molecular weight is 315 g/mol. The summed E-state index contributed by atoms with van der Waals surface area (Å²) in [5.74, 6) is 0.782. The molecule has 124 valence electrons. The lowest BCUT2D eigenvalue weighted by Crippen LogP contribution is -2.37. The van der Waals surface area contributed by atoms with Crippen molar-refractivity contribution in [2.45, 2.75) is 26.4 Å². The molecule has 0 radical (unpaired) electrons. The number of amides is 1. The van der Waals surface area contributed by atoms with E-state index in [1.54, 1.807) is 18.4 Å². The monoisotopic (exact) mass is 315 g/mol.